The molecular formula is C15H20F3N. The average molecular weight is 271 g/mol. The molecule has 19 heavy (non-hydrogen) atoms. The number of hydrogen-bond donors (Lipinski definition) is 1. The summed E-state index contributed by atoms with van der Waals surface area (Å²) in [6.07, 6.45) is 1.19. The van der Waals surface area contributed by atoms with Crippen molar-refractivity contribution in [1.29, 1.82) is 0 Å². The van der Waals surface area contributed by atoms with Crippen LogP contribution in [0.25, 0.3) is 0 Å². The number of alkyl halides is 3. The predicted molar refractivity (Wildman–Crippen MR) is 69.6 cm³/mol. The third-order valence-electron chi connectivity index (χ3n) is 4.56. The highest BCUT2D eigenvalue weighted by Crippen LogP contribution is 2.49. The number of hydrogen-bond acceptors (Lipinski definition) is 1. The summed E-state index contributed by atoms with van der Waals surface area (Å²) in [6.45, 7) is 2.12. The van der Waals surface area contributed by atoms with E-state index < -0.39 is 11.7 Å². The third-order valence-corrected chi connectivity index (χ3v) is 4.56. The molecule has 1 nitrogen and oxygen atoms in total. The molecule has 0 saturated heterocycles. The van der Waals surface area contributed by atoms with Crippen molar-refractivity contribution in [3.8, 4) is 0 Å². The normalized spacial score (nSPS) is 20.5. The van der Waals surface area contributed by atoms with E-state index in [1.807, 2.05) is 0 Å². The van der Waals surface area contributed by atoms with E-state index >= 15 is 0 Å². The van der Waals surface area contributed by atoms with Gasteiger partial charge in [-0.3, -0.25) is 0 Å². The summed E-state index contributed by atoms with van der Waals surface area (Å²) in [7, 11) is 0. The first-order valence-corrected chi connectivity index (χ1v) is 6.82. The number of nitrogens with two attached hydrogens (primary N) is 1. The lowest BCUT2D eigenvalue weighted by Crippen LogP contribution is -2.31. The van der Waals surface area contributed by atoms with Gasteiger partial charge in [0.25, 0.3) is 0 Å². The molecule has 1 fully saturated rings. The molecule has 1 aromatic carbocycles. The third kappa shape index (κ3) is 2.78. The lowest BCUT2D eigenvalue weighted by molar-refractivity contribution is -0.137. The first-order valence-electron chi connectivity index (χ1n) is 6.82. The Labute approximate surface area is 112 Å². The van der Waals surface area contributed by atoms with Gasteiger partial charge in [-0.1, -0.05) is 31.9 Å². The van der Waals surface area contributed by atoms with Crippen LogP contribution in [0.5, 0.6) is 0 Å². The maximum absolute atomic E-state index is 12.5. The molecule has 0 aromatic heterocycles. The van der Waals surface area contributed by atoms with Gasteiger partial charge < -0.3 is 5.73 Å². The van der Waals surface area contributed by atoms with Gasteiger partial charge in [-0.15, -0.1) is 0 Å². The summed E-state index contributed by atoms with van der Waals surface area (Å²) >= 11 is 0. The highest BCUT2D eigenvalue weighted by molar-refractivity contribution is 5.28. The molecule has 1 saturated carbocycles. The smallest absolute Gasteiger partial charge is 0.323 e. The van der Waals surface area contributed by atoms with Crippen molar-refractivity contribution in [2.45, 2.75) is 51.2 Å². The fourth-order valence-electron chi connectivity index (χ4n) is 3.20. The molecule has 2 rings (SSSR count). The van der Waals surface area contributed by atoms with E-state index in [0.717, 1.165) is 37.0 Å². The lowest BCUT2D eigenvalue weighted by atomic mass is 9.74. The van der Waals surface area contributed by atoms with Crippen molar-refractivity contribution in [3.05, 3.63) is 35.4 Å². The summed E-state index contributed by atoms with van der Waals surface area (Å²) in [4.78, 5) is 0. The van der Waals surface area contributed by atoms with Gasteiger partial charge in [-0.2, -0.15) is 13.2 Å². The van der Waals surface area contributed by atoms with Gasteiger partial charge in [0, 0.05) is 6.04 Å². The second-order valence-corrected chi connectivity index (χ2v) is 5.52. The van der Waals surface area contributed by atoms with Crippen LogP contribution in [0, 0.1) is 5.41 Å². The minimum absolute atomic E-state index is 0.0692. The van der Waals surface area contributed by atoms with Crippen molar-refractivity contribution < 1.29 is 13.2 Å². The molecule has 106 valence electrons. The second-order valence-electron chi connectivity index (χ2n) is 5.52. The van der Waals surface area contributed by atoms with Crippen LogP contribution in [0.3, 0.4) is 0 Å². The van der Waals surface area contributed by atoms with Gasteiger partial charge >= 0.3 is 6.18 Å². The van der Waals surface area contributed by atoms with E-state index in [9.17, 15) is 13.2 Å². The number of benzene rings is 1. The molecule has 1 aliphatic carbocycles. The van der Waals surface area contributed by atoms with Gasteiger partial charge in [-0.25, -0.2) is 0 Å². The van der Waals surface area contributed by atoms with Crippen LogP contribution in [-0.2, 0) is 6.18 Å². The van der Waals surface area contributed by atoms with E-state index in [0.29, 0.717) is 0 Å². The van der Waals surface area contributed by atoms with E-state index in [1.54, 1.807) is 0 Å². The van der Waals surface area contributed by atoms with Gasteiger partial charge in [0.1, 0.15) is 0 Å². The molecule has 0 amide bonds. The fraction of sp³-hybridized carbons (Fsp3) is 0.600. The molecule has 0 heterocycles. The van der Waals surface area contributed by atoms with Crippen LogP contribution >= 0.6 is 0 Å². The van der Waals surface area contributed by atoms with Gasteiger partial charge in [0.2, 0.25) is 0 Å². The molecule has 4 heteroatoms. The molecule has 0 aliphatic heterocycles. The van der Waals surface area contributed by atoms with Crippen molar-refractivity contribution in [2.24, 2.45) is 11.1 Å². The van der Waals surface area contributed by atoms with Crippen molar-refractivity contribution in [2.75, 3.05) is 0 Å². The summed E-state index contributed by atoms with van der Waals surface area (Å²) in [6, 6.07) is 5.16. The zero-order valence-electron chi connectivity index (χ0n) is 11.1. The maximum atomic E-state index is 12.5. The fourth-order valence-corrected chi connectivity index (χ4v) is 3.20. The first-order chi connectivity index (χ1) is 8.89. The molecule has 2 N–H and O–H groups in total. The molecule has 0 radical (unpaired) electrons. The molecule has 1 atom stereocenters. The molecule has 1 aliphatic rings. The highest BCUT2D eigenvalue weighted by atomic mass is 19.4. The Morgan fingerprint density at radius 3 is 2.11 bits per heavy atom. The minimum Gasteiger partial charge on any atom is -0.323 e. The van der Waals surface area contributed by atoms with Gasteiger partial charge in [0.15, 0.2) is 0 Å². The Morgan fingerprint density at radius 1 is 1.16 bits per heavy atom. The van der Waals surface area contributed by atoms with E-state index in [-0.39, 0.29) is 11.5 Å². The zero-order valence-corrected chi connectivity index (χ0v) is 11.1. The standard InChI is InChI=1S/C15H20F3N/c1-2-14(9-3-4-10-14)13(19)11-5-7-12(8-6-11)15(16,17)18/h5-8,13H,2-4,9-10,19H2,1H3. The summed E-state index contributed by atoms with van der Waals surface area (Å²) < 4.78 is 37.6. The van der Waals surface area contributed by atoms with E-state index in [4.69, 9.17) is 5.73 Å². The lowest BCUT2D eigenvalue weighted by Gasteiger charge is -2.34. The van der Waals surface area contributed by atoms with Crippen molar-refractivity contribution >= 4 is 0 Å². The molecule has 0 bridgehead atoms. The summed E-state index contributed by atoms with van der Waals surface area (Å²) in [5.74, 6) is 0. The zero-order chi connectivity index (χ0) is 14.1. The largest absolute Gasteiger partial charge is 0.416 e. The van der Waals surface area contributed by atoms with Crippen LogP contribution in [0.4, 0.5) is 13.2 Å². The molecule has 1 aromatic rings. The van der Waals surface area contributed by atoms with Crippen molar-refractivity contribution in [3.63, 3.8) is 0 Å². The Hall–Kier alpha value is -1.03. The summed E-state index contributed by atoms with van der Waals surface area (Å²) in [5.41, 5.74) is 6.60. The molecule has 0 spiro atoms. The van der Waals surface area contributed by atoms with Gasteiger partial charge in [-0.05, 0) is 42.4 Å². The highest BCUT2D eigenvalue weighted by Gasteiger charge is 2.39. The van der Waals surface area contributed by atoms with Crippen LogP contribution in [0.15, 0.2) is 24.3 Å². The predicted octanol–water partition coefficient (Wildman–Crippen LogP) is 4.68. The topological polar surface area (TPSA) is 26.0 Å². The Kier molecular flexibility index (Phi) is 3.90. The van der Waals surface area contributed by atoms with Gasteiger partial charge in [0.05, 0.1) is 5.56 Å². The number of halogens is 3. The monoisotopic (exact) mass is 271 g/mol. The SMILES string of the molecule is CCC1(C(N)c2ccc(C(F)(F)F)cc2)CCCC1. The second kappa shape index (κ2) is 5.16. The number of rotatable bonds is 3. The van der Waals surface area contributed by atoms with Crippen LogP contribution in [0.2, 0.25) is 0 Å². The molecular weight excluding hydrogens is 251 g/mol. The van der Waals surface area contributed by atoms with Crippen LogP contribution in [0.1, 0.15) is 56.2 Å². The first kappa shape index (κ1) is 14.4. The van der Waals surface area contributed by atoms with Crippen LogP contribution in [-0.4, -0.2) is 0 Å². The molecule has 1 unspecified atom stereocenters. The minimum atomic E-state index is -4.28. The van der Waals surface area contributed by atoms with Crippen LogP contribution < -0.4 is 5.73 Å². The van der Waals surface area contributed by atoms with E-state index in [2.05, 4.69) is 6.92 Å². The summed E-state index contributed by atoms with van der Waals surface area (Å²) in [5, 5.41) is 0. The average Bonchev–Trinajstić information content (AvgIpc) is 2.87. The Morgan fingerprint density at radius 2 is 1.68 bits per heavy atom. The maximum Gasteiger partial charge on any atom is 0.416 e. The van der Waals surface area contributed by atoms with Crippen molar-refractivity contribution in [1.82, 2.24) is 0 Å². The van der Waals surface area contributed by atoms with E-state index in [1.165, 1.54) is 25.0 Å². The Balaban J connectivity index is 2.22. The quantitative estimate of drug-likeness (QED) is 0.849. The Bertz CT molecular complexity index is 416.